The first-order valence-corrected chi connectivity index (χ1v) is 29.9. The smallest absolute Gasteiger partial charge is 0.253 e. The average Bonchev–Trinajstić information content (AvgIpc) is 3.48. The summed E-state index contributed by atoms with van der Waals surface area (Å²) in [6, 6.07) is 26.8. The minimum absolute atomic E-state index is 0.130. The van der Waals surface area contributed by atoms with E-state index in [0.29, 0.717) is 6.04 Å². The van der Waals surface area contributed by atoms with E-state index >= 15 is 0 Å². The molecule has 0 N–H and O–H groups in total. The number of morpholine rings is 1. The number of carbonyl (C=O) groups is 1. The lowest BCUT2D eigenvalue weighted by molar-refractivity contribution is 0.0115. The SMILES string of the molecule is CC.CC.CC.CC.COc1cc(C(=O)N2CCC(N3CCN(C)CC3)CC2)ccc1C.COc1ccc(C)c(C)c1.Cc1ccc(N2CCC(N3CCOCC3)CC2)cc1C.Cc1ccc(N2CCN(C)CC2)cc1C. The summed E-state index contributed by atoms with van der Waals surface area (Å²) in [4.78, 5) is 29.8. The van der Waals surface area contributed by atoms with Crippen molar-refractivity contribution in [2.24, 2.45) is 0 Å². The molecule has 0 unspecified atom stereocenters. The molecule has 5 fully saturated rings. The minimum Gasteiger partial charge on any atom is -0.497 e. The molecule has 0 atom stereocenters. The molecule has 0 spiro atoms. The van der Waals surface area contributed by atoms with Crippen LogP contribution in [-0.2, 0) is 4.74 Å². The first-order valence-electron chi connectivity index (χ1n) is 29.9. The molecule has 9 rings (SSSR count). The van der Waals surface area contributed by atoms with Gasteiger partial charge in [-0.15, -0.1) is 0 Å². The first kappa shape index (κ1) is 68.5. The molecule has 5 saturated heterocycles. The molecule has 0 saturated carbocycles. The number of piperidine rings is 2. The number of likely N-dealkylation sites (N-methyl/N-ethyl adjacent to an activating group) is 2. The van der Waals surface area contributed by atoms with Gasteiger partial charge in [-0.1, -0.05) is 79.7 Å². The van der Waals surface area contributed by atoms with Gasteiger partial charge in [0.25, 0.3) is 5.91 Å². The van der Waals surface area contributed by atoms with Crippen molar-refractivity contribution in [1.29, 1.82) is 0 Å². The molecule has 77 heavy (non-hydrogen) atoms. The Morgan fingerprint density at radius 3 is 1.27 bits per heavy atom. The number of likely N-dealkylation sites (tertiary alicyclic amines) is 1. The van der Waals surface area contributed by atoms with Crippen molar-refractivity contribution in [3.63, 3.8) is 0 Å². The monoisotopic (exact) mass is 1070 g/mol. The number of amides is 1. The topological polar surface area (TPSA) is 67.4 Å². The first-order chi connectivity index (χ1) is 37.2. The Labute approximate surface area is 472 Å². The van der Waals surface area contributed by atoms with E-state index in [-0.39, 0.29) is 5.91 Å². The van der Waals surface area contributed by atoms with Crippen LogP contribution < -0.4 is 19.3 Å². The number of anilines is 2. The third-order valence-electron chi connectivity index (χ3n) is 15.4. The van der Waals surface area contributed by atoms with Crippen molar-refractivity contribution >= 4 is 17.3 Å². The molecule has 5 heterocycles. The molecule has 5 aliphatic rings. The van der Waals surface area contributed by atoms with E-state index in [1.807, 2.05) is 97.5 Å². The standard InChI is InChI=1S/C19H29N3O2.C17H26N2O.C13H20N2.C9H12O.4C2H6/c1-15-4-5-16(14-18(15)24-3)19(23)22-8-6-17(7-9-22)21-12-10-20(2)11-13-21;1-14-3-4-17(13-15(14)2)18-7-5-16(6-8-18)19-9-11-20-12-10-19;1-11-4-5-13(10-12(11)2)15-8-6-14(3)7-9-15;1-7-4-5-9(10-3)6-8(7)2;4*1-2/h4-5,14,17H,6-13H2,1-3H3;3-4,13,16H,5-12H2,1-2H3;4-5,10H,6-9H2,1-3H3;4-6H,1-3H3;4*1-2H3. The quantitative estimate of drug-likeness (QED) is 0.179. The van der Waals surface area contributed by atoms with Crippen molar-refractivity contribution in [3.8, 4) is 11.5 Å². The van der Waals surface area contributed by atoms with Gasteiger partial charge >= 0.3 is 0 Å². The fourth-order valence-corrected chi connectivity index (χ4v) is 9.94. The summed E-state index contributed by atoms with van der Waals surface area (Å²) < 4.78 is 15.9. The van der Waals surface area contributed by atoms with E-state index in [0.717, 1.165) is 120 Å². The van der Waals surface area contributed by atoms with Gasteiger partial charge in [-0.3, -0.25) is 14.6 Å². The Morgan fingerprint density at radius 1 is 0.429 bits per heavy atom. The van der Waals surface area contributed by atoms with E-state index in [1.54, 1.807) is 14.2 Å². The molecule has 434 valence electrons. The number of benzene rings is 4. The summed E-state index contributed by atoms with van der Waals surface area (Å²) >= 11 is 0. The molecule has 5 aliphatic heterocycles. The lowest BCUT2D eigenvalue weighted by Gasteiger charge is -2.42. The van der Waals surface area contributed by atoms with Crippen LogP contribution in [0.5, 0.6) is 11.5 Å². The third-order valence-corrected chi connectivity index (χ3v) is 15.4. The number of carbonyl (C=O) groups excluding carboxylic acids is 1. The zero-order valence-electron chi connectivity index (χ0n) is 52.5. The summed E-state index contributed by atoms with van der Waals surface area (Å²) in [6.07, 6.45) is 4.73. The number of hydrogen-bond donors (Lipinski definition) is 0. The maximum Gasteiger partial charge on any atom is 0.253 e. The van der Waals surface area contributed by atoms with Crippen molar-refractivity contribution in [2.75, 3.05) is 143 Å². The molecular weight excluding hydrogens is 955 g/mol. The van der Waals surface area contributed by atoms with Gasteiger partial charge in [-0.2, -0.15) is 0 Å². The molecule has 0 bridgehead atoms. The fourth-order valence-electron chi connectivity index (χ4n) is 9.94. The van der Waals surface area contributed by atoms with Crippen molar-refractivity contribution < 1.29 is 19.0 Å². The number of nitrogens with zero attached hydrogens (tertiary/aromatic N) is 7. The summed E-state index contributed by atoms with van der Waals surface area (Å²) in [5, 5.41) is 0. The van der Waals surface area contributed by atoms with Crippen LogP contribution in [0.3, 0.4) is 0 Å². The largest absolute Gasteiger partial charge is 0.497 e. The fraction of sp³-hybridized carbons (Fsp3) is 0.621. The van der Waals surface area contributed by atoms with Crippen LogP contribution in [0.4, 0.5) is 11.4 Å². The Balaban J connectivity index is 0.000000348. The molecule has 0 aromatic heterocycles. The molecule has 11 heteroatoms. The van der Waals surface area contributed by atoms with Gasteiger partial charge in [0.05, 0.1) is 27.4 Å². The van der Waals surface area contributed by atoms with Crippen LogP contribution >= 0.6 is 0 Å². The summed E-state index contributed by atoms with van der Waals surface area (Å²) in [5.41, 5.74) is 12.7. The van der Waals surface area contributed by atoms with Crippen molar-refractivity contribution in [1.82, 2.24) is 24.5 Å². The van der Waals surface area contributed by atoms with Gasteiger partial charge in [-0.25, -0.2) is 0 Å². The van der Waals surface area contributed by atoms with Gasteiger partial charge in [0.15, 0.2) is 0 Å². The molecule has 4 aromatic rings. The second-order valence-corrected chi connectivity index (χ2v) is 20.2. The van der Waals surface area contributed by atoms with E-state index in [4.69, 9.17) is 14.2 Å². The van der Waals surface area contributed by atoms with Crippen LogP contribution in [-0.4, -0.2) is 176 Å². The maximum atomic E-state index is 12.8. The van der Waals surface area contributed by atoms with E-state index < -0.39 is 0 Å². The van der Waals surface area contributed by atoms with E-state index in [9.17, 15) is 4.79 Å². The summed E-state index contributed by atoms with van der Waals surface area (Å²) in [6.45, 7) is 48.3. The van der Waals surface area contributed by atoms with Gasteiger partial charge in [0.1, 0.15) is 11.5 Å². The van der Waals surface area contributed by atoms with Crippen LogP contribution in [0.2, 0.25) is 0 Å². The molecule has 4 aromatic carbocycles. The Hall–Kier alpha value is -4.65. The predicted octanol–water partition coefficient (Wildman–Crippen LogP) is 12.9. The van der Waals surface area contributed by atoms with Crippen molar-refractivity contribution in [2.45, 2.75) is 142 Å². The van der Waals surface area contributed by atoms with E-state index in [2.05, 4.69) is 128 Å². The number of piperazine rings is 2. The number of aryl methyl sites for hydroxylation is 7. The number of methoxy groups -OCH3 is 2. The molecule has 11 nitrogen and oxygen atoms in total. The van der Waals surface area contributed by atoms with Gasteiger partial charge in [-0.05, 0) is 176 Å². The lowest BCUT2D eigenvalue weighted by atomic mass is 10.0. The highest BCUT2D eigenvalue weighted by Gasteiger charge is 2.29. The van der Waals surface area contributed by atoms with Crippen LogP contribution in [0.1, 0.15) is 130 Å². The third kappa shape index (κ3) is 22.6. The molecular formula is C66H111N7O4. The molecule has 0 radical (unpaired) electrons. The van der Waals surface area contributed by atoms with Gasteiger partial charge in [0, 0.05) is 121 Å². The number of hydrogen-bond acceptors (Lipinski definition) is 10. The zero-order valence-corrected chi connectivity index (χ0v) is 52.5. The number of rotatable bonds is 7. The van der Waals surface area contributed by atoms with Crippen molar-refractivity contribution in [3.05, 3.63) is 117 Å². The Bertz CT molecular complexity index is 2200. The predicted molar refractivity (Wildman–Crippen MR) is 333 cm³/mol. The van der Waals surface area contributed by atoms with Gasteiger partial charge in [0.2, 0.25) is 0 Å². The second-order valence-electron chi connectivity index (χ2n) is 20.2. The summed E-state index contributed by atoms with van der Waals surface area (Å²) in [5.74, 6) is 1.85. The average molecular weight is 1070 g/mol. The van der Waals surface area contributed by atoms with Crippen LogP contribution in [0.15, 0.2) is 72.8 Å². The molecule has 1 amide bonds. The highest BCUT2D eigenvalue weighted by atomic mass is 16.5. The lowest BCUT2D eigenvalue weighted by Crippen LogP contribution is -2.52. The summed E-state index contributed by atoms with van der Waals surface area (Å²) in [7, 11) is 7.72. The second kappa shape index (κ2) is 38.0. The highest BCUT2D eigenvalue weighted by molar-refractivity contribution is 5.94. The Kier molecular flexibility index (Phi) is 33.8. The zero-order chi connectivity index (χ0) is 57.5. The van der Waals surface area contributed by atoms with Crippen LogP contribution in [0, 0.1) is 48.5 Å². The maximum absolute atomic E-state index is 12.8. The Morgan fingerprint density at radius 2 is 0.831 bits per heavy atom. The molecule has 0 aliphatic carbocycles. The normalized spacial score (nSPS) is 17.4. The van der Waals surface area contributed by atoms with E-state index in [1.165, 1.54) is 83.8 Å². The van der Waals surface area contributed by atoms with Crippen LogP contribution in [0.25, 0.3) is 0 Å². The number of ether oxygens (including phenoxy) is 3. The van der Waals surface area contributed by atoms with Gasteiger partial charge < -0.3 is 38.7 Å². The minimum atomic E-state index is 0.130. The highest BCUT2D eigenvalue weighted by Crippen LogP contribution is 2.27.